The second kappa shape index (κ2) is 8.70. The van der Waals surface area contributed by atoms with E-state index in [1.807, 2.05) is 0 Å². The van der Waals surface area contributed by atoms with E-state index in [9.17, 15) is 14.0 Å². The van der Waals surface area contributed by atoms with Crippen LogP contribution in [0.1, 0.15) is 28.4 Å². The third-order valence-electron chi connectivity index (χ3n) is 4.17. The highest BCUT2D eigenvalue weighted by atomic mass is 35.5. The summed E-state index contributed by atoms with van der Waals surface area (Å²) in [4.78, 5) is 24.6. The van der Waals surface area contributed by atoms with Gasteiger partial charge in [-0.2, -0.15) is 0 Å². The Kier molecular flexibility index (Phi) is 6.31. The highest BCUT2D eigenvalue weighted by Crippen LogP contribution is 2.38. The molecule has 9 heteroatoms. The molecular weight excluding hydrogens is 407 g/mol. The van der Waals surface area contributed by atoms with Crippen molar-refractivity contribution >= 4 is 35.2 Å². The molecule has 0 saturated carbocycles. The normalized spacial score (nSPS) is 15.5. The first kappa shape index (κ1) is 20.3. The predicted molar refractivity (Wildman–Crippen MR) is 105 cm³/mol. The van der Waals surface area contributed by atoms with Crippen molar-refractivity contribution < 1.29 is 23.5 Å². The van der Waals surface area contributed by atoms with Crippen LogP contribution in [0.2, 0.25) is 5.02 Å². The van der Waals surface area contributed by atoms with E-state index in [0.29, 0.717) is 6.42 Å². The summed E-state index contributed by atoms with van der Waals surface area (Å²) in [5.74, 6) is -0.255. The number of methoxy groups -OCH3 is 1. The lowest BCUT2D eigenvalue weighted by molar-refractivity contribution is -0.119. The third kappa shape index (κ3) is 4.51. The number of amides is 2. The topological polar surface area (TPSA) is 90.7 Å². The maximum Gasteiger partial charge on any atom is 0.255 e. The monoisotopic (exact) mass is 424 g/mol. The number of carbonyl (C=O) groups excluding carboxylic acids is 2. The Balaban J connectivity index is 1.83. The molecule has 0 fully saturated rings. The number of nitrogens with two attached hydrogens (primary N) is 1. The highest BCUT2D eigenvalue weighted by molar-refractivity contribution is 7.99. The van der Waals surface area contributed by atoms with E-state index in [1.54, 1.807) is 17.8 Å². The number of nitrogens with one attached hydrogen (secondary N) is 1. The Hall–Kier alpha value is -2.45. The number of benzene rings is 2. The van der Waals surface area contributed by atoms with Crippen molar-refractivity contribution in [2.24, 2.45) is 5.73 Å². The highest BCUT2D eigenvalue weighted by Gasteiger charge is 2.24. The summed E-state index contributed by atoms with van der Waals surface area (Å²) in [5.41, 5.74) is 6.08. The first-order chi connectivity index (χ1) is 13.4. The van der Waals surface area contributed by atoms with Crippen LogP contribution in [-0.2, 0) is 4.79 Å². The molecule has 1 heterocycles. The van der Waals surface area contributed by atoms with Crippen molar-refractivity contribution in [2.75, 3.05) is 19.5 Å². The summed E-state index contributed by atoms with van der Waals surface area (Å²) in [5, 5.41) is 3.03. The van der Waals surface area contributed by atoms with Gasteiger partial charge >= 0.3 is 0 Å². The molecule has 28 heavy (non-hydrogen) atoms. The van der Waals surface area contributed by atoms with Gasteiger partial charge in [-0.05, 0) is 42.3 Å². The van der Waals surface area contributed by atoms with Crippen molar-refractivity contribution in [1.29, 1.82) is 0 Å². The van der Waals surface area contributed by atoms with Crippen LogP contribution in [-0.4, -0.2) is 31.3 Å². The molecule has 2 aromatic carbocycles. The number of hydrogen-bond donors (Lipinski definition) is 2. The van der Waals surface area contributed by atoms with Gasteiger partial charge in [0.2, 0.25) is 0 Å². The van der Waals surface area contributed by atoms with Crippen LogP contribution < -0.4 is 20.5 Å². The van der Waals surface area contributed by atoms with Gasteiger partial charge in [-0.1, -0.05) is 11.6 Å². The molecule has 0 radical (unpaired) electrons. The van der Waals surface area contributed by atoms with Crippen LogP contribution in [0, 0.1) is 5.82 Å². The summed E-state index contributed by atoms with van der Waals surface area (Å²) in [6, 6.07) is 7.14. The van der Waals surface area contributed by atoms with Gasteiger partial charge in [0.05, 0.1) is 18.2 Å². The van der Waals surface area contributed by atoms with E-state index in [4.69, 9.17) is 26.8 Å². The summed E-state index contributed by atoms with van der Waals surface area (Å²) in [7, 11) is 1.39. The molecule has 1 aliphatic heterocycles. The van der Waals surface area contributed by atoms with Crippen molar-refractivity contribution in [3.8, 4) is 11.5 Å². The van der Waals surface area contributed by atoms with E-state index in [0.717, 1.165) is 16.2 Å². The number of halogens is 2. The van der Waals surface area contributed by atoms with Crippen LogP contribution in [0.15, 0.2) is 35.2 Å². The van der Waals surface area contributed by atoms with Gasteiger partial charge in [0, 0.05) is 16.2 Å². The van der Waals surface area contributed by atoms with Gasteiger partial charge in [-0.25, -0.2) is 4.39 Å². The fraction of sp³-hybridized carbons (Fsp3) is 0.263. The lowest BCUT2D eigenvalue weighted by atomic mass is 10.0. The number of rotatable bonds is 6. The molecule has 0 aromatic heterocycles. The first-order valence-electron chi connectivity index (χ1n) is 8.40. The summed E-state index contributed by atoms with van der Waals surface area (Å²) < 4.78 is 24.1. The molecule has 0 saturated heterocycles. The van der Waals surface area contributed by atoms with Gasteiger partial charge < -0.3 is 20.5 Å². The number of hydrogen-bond acceptors (Lipinski definition) is 5. The van der Waals surface area contributed by atoms with Crippen molar-refractivity contribution in [2.45, 2.75) is 17.4 Å². The zero-order valence-electron chi connectivity index (χ0n) is 15.0. The van der Waals surface area contributed by atoms with E-state index in [-0.39, 0.29) is 46.5 Å². The van der Waals surface area contributed by atoms with Crippen LogP contribution in [0.4, 0.5) is 4.39 Å². The zero-order valence-corrected chi connectivity index (χ0v) is 16.5. The van der Waals surface area contributed by atoms with Crippen LogP contribution in [0.25, 0.3) is 0 Å². The Morgan fingerprint density at radius 2 is 2.14 bits per heavy atom. The molecule has 1 atom stereocenters. The molecule has 3 rings (SSSR count). The Morgan fingerprint density at radius 3 is 2.86 bits per heavy atom. The van der Waals surface area contributed by atoms with Crippen molar-refractivity contribution in [3.05, 3.63) is 52.3 Å². The van der Waals surface area contributed by atoms with Gasteiger partial charge in [0.15, 0.2) is 18.1 Å². The molecule has 148 valence electrons. The molecule has 2 amide bonds. The summed E-state index contributed by atoms with van der Waals surface area (Å²) >= 11 is 7.82. The molecule has 6 nitrogen and oxygen atoms in total. The quantitative estimate of drug-likeness (QED) is 0.742. The van der Waals surface area contributed by atoms with E-state index in [1.165, 1.54) is 31.4 Å². The summed E-state index contributed by atoms with van der Waals surface area (Å²) in [6.07, 6.45) is 0.678. The standard InChI is InChI=1S/C19H18ClFN2O4S/c1-26-15-7-10(6-13(20)18(15)27-9-17(22)24)19(25)23-14-4-5-28-16-3-2-11(21)8-12(14)16/h2-3,6-8,14H,4-5,9H2,1H3,(H2,22,24)(H,23,25)/t14-/m0/s1. The molecule has 0 spiro atoms. The van der Waals surface area contributed by atoms with Crippen molar-refractivity contribution in [3.63, 3.8) is 0 Å². The fourth-order valence-electron chi connectivity index (χ4n) is 2.89. The molecule has 0 bridgehead atoms. The SMILES string of the molecule is COc1cc(C(=O)N[C@H]2CCSc3ccc(F)cc32)cc(Cl)c1OCC(N)=O. The lowest BCUT2D eigenvalue weighted by Crippen LogP contribution is -2.30. The molecule has 2 aromatic rings. The average molecular weight is 425 g/mol. The van der Waals surface area contributed by atoms with Gasteiger partial charge in [-0.3, -0.25) is 9.59 Å². The number of thioether (sulfide) groups is 1. The van der Waals surface area contributed by atoms with E-state index >= 15 is 0 Å². The number of primary amides is 1. The molecule has 3 N–H and O–H groups in total. The zero-order chi connectivity index (χ0) is 20.3. The number of carbonyl (C=O) groups is 2. The Bertz CT molecular complexity index is 925. The van der Waals surface area contributed by atoms with Crippen LogP contribution in [0.3, 0.4) is 0 Å². The average Bonchev–Trinajstić information content (AvgIpc) is 2.66. The fourth-order valence-corrected chi connectivity index (χ4v) is 4.26. The minimum Gasteiger partial charge on any atom is -0.493 e. The van der Waals surface area contributed by atoms with E-state index in [2.05, 4.69) is 5.32 Å². The van der Waals surface area contributed by atoms with Crippen LogP contribution in [0.5, 0.6) is 11.5 Å². The summed E-state index contributed by atoms with van der Waals surface area (Å²) in [6.45, 7) is -0.371. The molecule has 0 unspecified atom stereocenters. The van der Waals surface area contributed by atoms with Crippen LogP contribution >= 0.6 is 23.4 Å². The lowest BCUT2D eigenvalue weighted by Gasteiger charge is -2.26. The Morgan fingerprint density at radius 1 is 1.36 bits per heavy atom. The predicted octanol–water partition coefficient (Wildman–Crippen LogP) is 3.32. The number of fused-ring (bicyclic) bond motifs is 1. The maximum absolute atomic E-state index is 13.7. The second-order valence-electron chi connectivity index (χ2n) is 6.09. The second-order valence-corrected chi connectivity index (χ2v) is 7.63. The van der Waals surface area contributed by atoms with Gasteiger partial charge in [0.25, 0.3) is 11.8 Å². The molecule has 0 aliphatic carbocycles. The minimum absolute atomic E-state index is 0.108. The van der Waals surface area contributed by atoms with E-state index < -0.39 is 5.91 Å². The number of ether oxygens (including phenoxy) is 2. The third-order valence-corrected chi connectivity index (χ3v) is 5.57. The molecular formula is C19H18ClFN2O4S. The van der Waals surface area contributed by atoms with Gasteiger partial charge in [0.1, 0.15) is 5.82 Å². The Labute approximate surface area is 170 Å². The maximum atomic E-state index is 13.7. The first-order valence-corrected chi connectivity index (χ1v) is 9.77. The minimum atomic E-state index is -0.666. The molecule has 1 aliphatic rings. The van der Waals surface area contributed by atoms with Crippen molar-refractivity contribution in [1.82, 2.24) is 5.32 Å². The van der Waals surface area contributed by atoms with Gasteiger partial charge in [-0.15, -0.1) is 11.8 Å². The largest absolute Gasteiger partial charge is 0.493 e. The smallest absolute Gasteiger partial charge is 0.255 e.